The second kappa shape index (κ2) is 3.40. The van der Waals surface area contributed by atoms with Crippen molar-refractivity contribution in [3.63, 3.8) is 0 Å². The molecule has 0 saturated heterocycles. The van der Waals surface area contributed by atoms with Crippen LogP contribution in [-0.4, -0.2) is 8.65 Å². The molecular formula is C8H14Br2. The quantitative estimate of drug-likeness (QED) is 0.527. The molecule has 2 heteroatoms. The van der Waals surface area contributed by atoms with Crippen LogP contribution in [0.4, 0.5) is 0 Å². The number of rotatable bonds is 2. The fourth-order valence-corrected chi connectivity index (χ4v) is 0.661. The maximum Gasteiger partial charge on any atom is 0.0380 e. The SMILES string of the molecule is CC(C)(Br)C=CC(C)(C)Br. The van der Waals surface area contributed by atoms with Crippen LogP contribution in [0.15, 0.2) is 12.2 Å². The van der Waals surface area contributed by atoms with Crippen LogP contribution in [0.25, 0.3) is 0 Å². The van der Waals surface area contributed by atoms with Crippen LogP contribution in [0.2, 0.25) is 0 Å². The first-order valence-electron chi connectivity index (χ1n) is 3.29. The number of hydrogen-bond acceptors (Lipinski definition) is 0. The van der Waals surface area contributed by atoms with E-state index in [0.29, 0.717) is 0 Å². The molecule has 0 spiro atoms. The summed E-state index contributed by atoms with van der Waals surface area (Å²) in [5, 5.41) is 0. The van der Waals surface area contributed by atoms with Gasteiger partial charge >= 0.3 is 0 Å². The third kappa shape index (κ3) is 8.70. The van der Waals surface area contributed by atoms with Gasteiger partial charge in [-0.3, -0.25) is 0 Å². The lowest BCUT2D eigenvalue weighted by Gasteiger charge is -2.14. The summed E-state index contributed by atoms with van der Waals surface area (Å²) in [6.45, 7) is 8.45. The Morgan fingerprint density at radius 2 is 1.00 bits per heavy atom. The molecule has 0 nitrogen and oxygen atoms in total. The summed E-state index contributed by atoms with van der Waals surface area (Å²) in [5.74, 6) is 0. The molecular weight excluding hydrogens is 256 g/mol. The zero-order chi connectivity index (χ0) is 8.41. The highest BCUT2D eigenvalue weighted by molar-refractivity contribution is 9.10. The Balaban J connectivity index is 4.01. The van der Waals surface area contributed by atoms with Crippen molar-refractivity contribution in [1.29, 1.82) is 0 Å². The lowest BCUT2D eigenvalue weighted by atomic mass is 10.1. The van der Waals surface area contributed by atoms with E-state index in [4.69, 9.17) is 0 Å². The number of alkyl halides is 2. The Morgan fingerprint density at radius 3 is 1.10 bits per heavy atom. The fourth-order valence-electron chi connectivity index (χ4n) is 0.396. The Bertz CT molecular complexity index is 107. The van der Waals surface area contributed by atoms with Gasteiger partial charge in [0.1, 0.15) is 0 Å². The maximum absolute atomic E-state index is 3.52. The van der Waals surface area contributed by atoms with Crippen LogP contribution >= 0.6 is 31.9 Å². The second-order valence-electron chi connectivity index (χ2n) is 3.46. The summed E-state index contributed by atoms with van der Waals surface area (Å²) in [6, 6.07) is 0. The summed E-state index contributed by atoms with van der Waals surface area (Å²) in [6.07, 6.45) is 4.28. The van der Waals surface area contributed by atoms with Gasteiger partial charge in [0, 0.05) is 8.65 Å². The second-order valence-corrected chi connectivity index (χ2v) is 7.55. The molecule has 0 amide bonds. The molecule has 0 bridgehead atoms. The average Bonchev–Trinajstić information content (AvgIpc) is 1.57. The highest BCUT2D eigenvalue weighted by Gasteiger charge is 2.11. The van der Waals surface area contributed by atoms with E-state index in [1.807, 2.05) is 0 Å². The molecule has 60 valence electrons. The molecule has 0 aromatic carbocycles. The van der Waals surface area contributed by atoms with Crippen molar-refractivity contribution in [2.75, 3.05) is 0 Å². The predicted octanol–water partition coefficient (Wildman–Crippen LogP) is 3.89. The monoisotopic (exact) mass is 268 g/mol. The first-order chi connectivity index (χ1) is 4.21. The zero-order valence-electron chi connectivity index (χ0n) is 6.91. The van der Waals surface area contributed by atoms with Crippen molar-refractivity contribution in [1.82, 2.24) is 0 Å². The minimum Gasteiger partial charge on any atom is -0.0814 e. The van der Waals surface area contributed by atoms with Crippen molar-refractivity contribution in [2.45, 2.75) is 36.3 Å². The van der Waals surface area contributed by atoms with Crippen molar-refractivity contribution < 1.29 is 0 Å². The molecule has 0 radical (unpaired) electrons. The zero-order valence-corrected chi connectivity index (χ0v) is 10.1. The summed E-state index contributed by atoms with van der Waals surface area (Å²) < 4.78 is 0.218. The van der Waals surface area contributed by atoms with Gasteiger partial charge in [-0.2, -0.15) is 0 Å². The van der Waals surface area contributed by atoms with Gasteiger partial charge in [-0.15, -0.1) is 0 Å². The Morgan fingerprint density at radius 1 is 0.800 bits per heavy atom. The fraction of sp³-hybridized carbons (Fsp3) is 0.750. The third-order valence-corrected chi connectivity index (χ3v) is 1.40. The van der Waals surface area contributed by atoms with Gasteiger partial charge < -0.3 is 0 Å². The van der Waals surface area contributed by atoms with Crippen LogP contribution in [0, 0.1) is 0 Å². The Kier molecular flexibility index (Phi) is 3.64. The normalized spacial score (nSPS) is 14.6. The number of halogens is 2. The Labute approximate surface area is 80.3 Å². The topological polar surface area (TPSA) is 0 Å². The lowest BCUT2D eigenvalue weighted by molar-refractivity contribution is 0.869. The molecule has 0 aromatic heterocycles. The van der Waals surface area contributed by atoms with Crippen LogP contribution in [0.5, 0.6) is 0 Å². The van der Waals surface area contributed by atoms with E-state index in [-0.39, 0.29) is 8.65 Å². The summed E-state index contributed by atoms with van der Waals surface area (Å²) in [5.41, 5.74) is 0. The summed E-state index contributed by atoms with van der Waals surface area (Å²) in [7, 11) is 0. The molecule has 0 aliphatic heterocycles. The van der Waals surface area contributed by atoms with E-state index in [9.17, 15) is 0 Å². The van der Waals surface area contributed by atoms with Crippen LogP contribution in [0.1, 0.15) is 27.7 Å². The van der Waals surface area contributed by atoms with Gasteiger partial charge in [-0.25, -0.2) is 0 Å². The highest BCUT2D eigenvalue weighted by atomic mass is 79.9. The third-order valence-electron chi connectivity index (χ3n) is 0.876. The molecule has 0 N–H and O–H groups in total. The largest absolute Gasteiger partial charge is 0.0814 e. The van der Waals surface area contributed by atoms with E-state index < -0.39 is 0 Å². The first kappa shape index (κ1) is 10.7. The van der Waals surface area contributed by atoms with Crippen LogP contribution in [-0.2, 0) is 0 Å². The van der Waals surface area contributed by atoms with E-state index in [0.717, 1.165) is 0 Å². The van der Waals surface area contributed by atoms with E-state index in [1.54, 1.807) is 0 Å². The number of allylic oxidation sites excluding steroid dienone is 2. The minimum absolute atomic E-state index is 0.109. The van der Waals surface area contributed by atoms with Gasteiger partial charge in [-0.05, 0) is 27.7 Å². The average molecular weight is 270 g/mol. The number of hydrogen-bond donors (Lipinski definition) is 0. The first-order valence-corrected chi connectivity index (χ1v) is 4.87. The smallest absolute Gasteiger partial charge is 0.0380 e. The predicted molar refractivity (Wildman–Crippen MR) is 55.2 cm³/mol. The van der Waals surface area contributed by atoms with Crippen molar-refractivity contribution in [2.24, 2.45) is 0 Å². The lowest BCUT2D eigenvalue weighted by Crippen LogP contribution is -2.09. The van der Waals surface area contributed by atoms with E-state index in [1.165, 1.54) is 0 Å². The maximum atomic E-state index is 3.52. The van der Waals surface area contributed by atoms with Crippen LogP contribution < -0.4 is 0 Å². The Hall–Kier alpha value is 0.700. The van der Waals surface area contributed by atoms with Crippen molar-refractivity contribution >= 4 is 31.9 Å². The molecule has 0 atom stereocenters. The molecule has 0 aliphatic carbocycles. The highest BCUT2D eigenvalue weighted by Crippen LogP contribution is 2.23. The molecule has 0 fully saturated rings. The van der Waals surface area contributed by atoms with Gasteiger partial charge in [-0.1, -0.05) is 44.0 Å². The minimum atomic E-state index is 0.109. The molecule has 0 aliphatic rings. The molecule has 0 saturated carbocycles. The summed E-state index contributed by atoms with van der Waals surface area (Å²) in [4.78, 5) is 0. The van der Waals surface area contributed by atoms with E-state index in [2.05, 4.69) is 71.7 Å². The molecule has 0 heterocycles. The van der Waals surface area contributed by atoms with Gasteiger partial charge in [0.05, 0.1) is 0 Å². The van der Waals surface area contributed by atoms with Gasteiger partial charge in [0.25, 0.3) is 0 Å². The molecule has 10 heavy (non-hydrogen) atoms. The van der Waals surface area contributed by atoms with Crippen molar-refractivity contribution in [3.8, 4) is 0 Å². The van der Waals surface area contributed by atoms with Crippen molar-refractivity contribution in [3.05, 3.63) is 12.2 Å². The standard InChI is InChI=1S/C8H14Br2/c1-7(2,9)5-6-8(3,4)10/h5-6H,1-4H3. The van der Waals surface area contributed by atoms with Crippen LogP contribution in [0.3, 0.4) is 0 Å². The molecule has 0 unspecified atom stereocenters. The van der Waals surface area contributed by atoms with E-state index >= 15 is 0 Å². The van der Waals surface area contributed by atoms with Gasteiger partial charge in [0.2, 0.25) is 0 Å². The molecule has 0 rings (SSSR count). The summed E-state index contributed by atoms with van der Waals surface area (Å²) >= 11 is 7.05. The molecule has 0 aromatic rings. The van der Waals surface area contributed by atoms with Gasteiger partial charge in [0.15, 0.2) is 0 Å².